The third kappa shape index (κ3) is 2.82. The Kier molecular flexibility index (Phi) is 4.41. The summed E-state index contributed by atoms with van der Waals surface area (Å²) in [5, 5.41) is 29.0. The molecule has 3 nitrogen and oxygen atoms in total. The lowest BCUT2D eigenvalue weighted by atomic mass is 9.89. The summed E-state index contributed by atoms with van der Waals surface area (Å²) in [7, 11) is 0. The minimum atomic E-state index is -0.473. The van der Waals surface area contributed by atoms with Gasteiger partial charge in [0.15, 0.2) is 17.2 Å². The second-order valence-corrected chi connectivity index (χ2v) is 5.20. The Labute approximate surface area is 125 Å². The van der Waals surface area contributed by atoms with Gasteiger partial charge in [-0.15, -0.1) is 0 Å². The van der Waals surface area contributed by atoms with Crippen molar-refractivity contribution in [3.63, 3.8) is 0 Å². The van der Waals surface area contributed by atoms with Crippen molar-refractivity contribution in [1.82, 2.24) is 0 Å². The maximum absolute atomic E-state index is 9.75. The van der Waals surface area contributed by atoms with Crippen LogP contribution >= 0.6 is 0 Å². The highest BCUT2D eigenvalue weighted by Crippen LogP contribution is 2.40. The van der Waals surface area contributed by atoms with Gasteiger partial charge in [0.05, 0.1) is 0 Å². The van der Waals surface area contributed by atoms with E-state index in [9.17, 15) is 15.3 Å². The minimum Gasteiger partial charge on any atom is -0.504 e. The Morgan fingerprint density at radius 3 is 1.86 bits per heavy atom. The molecule has 3 N–H and O–H groups in total. The maximum atomic E-state index is 9.75. The molecule has 0 radical (unpaired) electrons. The highest BCUT2D eigenvalue weighted by molar-refractivity contribution is 5.74. The third-order valence-electron chi connectivity index (χ3n) is 3.93. The first-order valence-corrected chi connectivity index (χ1v) is 7.41. The zero-order valence-electron chi connectivity index (χ0n) is 12.8. The second-order valence-electron chi connectivity index (χ2n) is 5.20. The Balaban J connectivity index is 2.72. The molecule has 2 aromatic rings. The molecular formula is C18H22O3. The molecule has 112 valence electrons. The SMILES string of the molecule is CCc1cc(CC)c(CC)c(-c2cc(O)c(O)c(O)c2)c1. The molecule has 0 aliphatic heterocycles. The van der Waals surface area contributed by atoms with Gasteiger partial charge < -0.3 is 15.3 Å². The quantitative estimate of drug-likeness (QED) is 0.740. The van der Waals surface area contributed by atoms with E-state index in [-0.39, 0.29) is 11.5 Å². The Morgan fingerprint density at radius 1 is 0.762 bits per heavy atom. The number of phenols is 3. The van der Waals surface area contributed by atoms with Crippen molar-refractivity contribution in [2.45, 2.75) is 40.0 Å². The van der Waals surface area contributed by atoms with Gasteiger partial charge in [0.2, 0.25) is 0 Å². The van der Waals surface area contributed by atoms with Gasteiger partial charge in [-0.05, 0) is 59.2 Å². The lowest BCUT2D eigenvalue weighted by Crippen LogP contribution is -1.98. The number of rotatable bonds is 4. The molecule has 21 heavy (non-hydrogen) atoms. The fourth-order valence-electron chi connectivity index (χ4n) is 2.75. The van der Waals surface area contributed by atoms with Crippen LogP contribution in [0.2, 0.25) is 0 Å². The predicted molar refractivity (Wildman–Crippen MR) is 85.0 cm³/mol. The molecule has 0 saturated carbocycles. The van der Waals surface area contributed by atoms with Crippen molar-refractivity contribution in [2.75, 3.05) is 0 Å². The lowest BCUT2D eigenvalue weighted by molar-refractivity contribution is 0.368. The molecule has 0 fully saturated rings. The maximum Gasteiger partial charge on any atom is 0.200 e. The Morgan fingerprint density at radius 2 is 1.38 bits per heavy atom. The van der Waals surface area contributed by atoms with Crippen LogP contribution in [-0.4, -0.2) is 15.3 Å². The highest BCUT2D eigenvalue weighted by atomic mass is 16.3. The van der Waals surface area contributed by atoms with E-state index in [1.165, 1.54) is 28.8 Å². The smallest absolute Gasteiger partial charge is 0.200 e. The first-order chi connectivity index (χ1) is 10.0. The van der Waals surface area contributed by atoms with Crippen LogP contribution in [0, 0.1) is 0 Å². The number of phenolic OH excluding ortho intramolecular Hbond substituents is 3. The molecule has 2 rings (SSSR count). The van der Waals surface area contributed by atoms with Crippen LogP contribution in [0.3, 0.4) is 0 Å². The Bertz CT molecular complexity index is 637. The van der Waals surface area contributed by atoms with E-state index in [1.807, 2.05) is 0 Å². The minimum absolute atomic E-state index is 0.299. The van der Waals surface area contributed by atoms with Gasteiger partial charge in [0.25, 0.3) is 0 Å². The van der Waals surface area contributed by atoms with Gasteiger partial charge in [-0.1, -0.05) is 32.9 Å². The fourth-order valence-corrected chi connectivity index (χ4v) is 2.75. The van der Waals surface area contributed by atoms with Crippen molar-refractivity contribution in [1.29, 1.82) is 0 Å². The van der Waals surface area contributed by atoms with Gasteiger partial charge in [-0.3, -0.25) is 0 Å². The van der Waals surface area contributed by atoms with E-state index in [2.05, 4.69) is 32.9 Å². The lowest BCUT2D eigenvalue weighted by Gasteiger charge is -2.16. The number of aromatic hydroxyl groups is 3. The topological polar surface area (TPSA) is 60.7 Å². The van der Waals surface area contributed by atoms with Crippen molar-refractivity contribution in [2.24, 2.45) is 0 Å². The molecule has 0 unspecified atom stereocenters. The van der Waals surface area contributed by atoms with Crippen molar-refractivity contribution >= 4 is 0 Å². The van der Waals surface area contributed by atoms with Gasteiger partial charge in [-0.2, -0.15) is 0 Å². The van der Waals surface area contributed by atoms with Crippen LogP contribution < -0.4 is 0 Å². The molecule has 0 saturated heterocycles. The number of hydrogen-bond donors (Lipinski definition) is 3. The molecule has 0 aromatic heterocycles. The molecule has 0 aliphatic rings. The molecule has 0 atom stereocenters. The van der Waals surface area contributed by atoms with Crippen LogP contribution in [0.5, 0.6) is 17.2 Å². The molecule has 3 heteroatoms. The molecule has 0 bridgehead atoms. The zero-order valence-corrected chi connectivity index (χ0v) is 12.8. The fraction of sp³-hybridized carbons (Fsp3) is 0.333. The summed E-state index contributed by atoms with van der Waals surface area (Å²) in [6.45, 7) is 6.34. The van der Waals surface area contributed by atoms with Gasteiger partial charge in [0.1, 0.15) is 0 Å². The average Bonchev–Trinajstić information content (AvgIpc) is 2.50. The Hall–Kier alpha value is -2.16. The van der Waals surface area contributed by atoms with Gasteiger partial charge in [0, 0.05) is 0 Å². The highest BCUT2D eigenvalue weighted by Gasteiger charge is 2.14. The first-order valence-electron chi connectivity index (χ1n) is 7.41. The molecular weight excluding hydrogens is 264 g/mol. The number of benzene rings is 2. The average molecular weight is 286 g/mol. The summed E-state index contributed by atoms with van der Waals surface area (Å²) < 4.78 is 0. The first kappa shape index (κ1) is 15.2. The normalized spacial score (nSPS) is 10.8. The molecule has 0 aliphatic carbocycles. The number of hydrogen-bond acceptors (Lipinski definition) is 3. The number of aryl methyl sites for hydroxylation is 2. The summed E-state index contributed by atoms with van der Waals surface area (Å²) in [4.78, 5) is 0. The van der Waals surface area contributed by atoms with Gasteiger partial charge >= 0.3 is 0 Å². The molecule has 0 amide bonds. The van der Waals surface area contributed by atoms with E-state index in [0.29, 0.717) is 0 Å². The summed E-state index contributed by atoms with van der Waals surface area (Å²) in [5.74, 6) is -1.07. The molecule has 0 spiro atoms. The van der Waals surface area contributed by atoms with E-state index in [4.69, 9.17) is 0 Å². The van der Waals surface area contributed by atoms with Crippen molar-refractivity contribution < 1.29 is 15.3 Å². The van der Waals surface area contributed by atoms with E-state index >= 15 is 0 Å². The van der Waals surface area contributed by atoms with E-state index < -0.39 is 5.75 Å². The van der Waals surface area contributed by atoms with Crippen LogP contribution in [0.25, 0.3) is 11.1 Å². The van der Waals surface area contributed by atoms with Crippen LogP contribution in [0.4, 0.5) is 0 Å². The van der Waals surface area contributed by atoms with Crippen LogP contribution in [0.15, 0.2) is 24.3 Å². The largest absolute Gasteiger partial charge is 0.504 e. The van der Waals surface area contributed by atoms with Crippen LogP contribution in [-0.2, 0) is 19.3 Å². The van der Waals surface area contributed by atoms with Crippen molar-refractivity contribution in [3.8, 4) is 28.4 Å². The summed E-state index contributed by atoms with van der Waals surface area (Å²) in [6.07, 6.45) is 2.75. The second kappa shape index (κ2) is 6.08. The van der Waals surface area contributed by atoms with Crippen LogP contribution in [0.1, 0.15) is 37.5 Å². The monoisotopic (exact) mass is 286 g/mol. The van der Waals surface area contributed by atoms with Crippen molar-refractivity contribution in [3.05, 3.63) is 41.0 Å². The standard InChI is InChI=1S/C18H22O3/c1-4-11-7-12(5-2)14(6-3)15(8-11)13-9-16(19)18(21)17(20)10-13/h7-10,19-21H,4-6H2,1-3H3. The summed E-state index contributed by atoms with van der Waals surface area (Å²) in [6, 6.07) is 7.33. The van der Waals surface area contributed by atoms with E-state index in [0.717, 1.165) is 30.4 Å². The summed E-state index contributed by atoms with van der Waals surface area (Å²) >= 11 is 0. The zero-order chi connectivity index (χ0) is 15.6. The summed E-state index contributed by atoms with van der Waals surface area (Å²) in [5.41, 5.74) is 5.48. The molecule has 0 heterocycles. The molecule has 2 aromatic carbocycles. The van der Waals surface area contributed by atoms with E-state index in [1.54, 1.807) is 0 Å². The predicted octanol–water partition coefficient (Wildman–Crippen LogP) is 4.16. The van der Waals surface area contributed by atoms with Gasteiger partial charge in [-0.25, -0.2) is 0 Å². The third-order valence-corrected chi connectivity index (χ3v) is 3.93.